The Morgan fingerprint density at radius 2 is 0.510 bits per heavy atom. The molecule has 143 heavy (non-hydrogen) atoms. The van der Waals surface area contributed by atoms with Gasteiger partial charge in [-0.1, -0.05) is 415 Å². The number of rotatable bonds is 23. The van der Waals surface area contributed by atoms with E-state index < -0.39 is 32.3 Å². The van der Waals surface area contributed by atoms with Crippen molar-refractivity contribution in [1.29, 1.82) is 0 Å². The zero-order valence-corrected chi connectivity index (χ0v) is 95.5. The molecule has 4 nitrogen and oxygen atoms in total. The first kappa shape index (κ1) is 105. The Labute approximate surface area is 862 Å². The molecule has 730 valence electrons. The summed E-state index contributed by atoms with van der Waals surface area (Å²) in [6, 6.07) is 129. The lowest BCUT2D eigenvalue weighted by Gasteiger charge is -2.41. The van der Waals surface area contributed by atoms with Crippen LogP contribution < -0.4 is 39.0 Å². The van der Waals surface area contributed by atoms with Gasteiger partial charge in [0.1, 0.15) is 28.2 Å². The van der Waals surface area contributed by atoms with Crippen LogP contribution in [0.15, 0.2) is 352 Å². The Bertz CT molecular complexity index is 7570. The molecular formula is C135H158N4Si4+4. The van der Waals surface area contributed by atoms with E-state index in [0.717, 1.165) is 23.8 Å². The predicted molar refractivity (Wildman–Crippen MR) is 631 cm³/mol. The molecule has 18 aromatic rings. The van der Waals surface area contributed by atoms with Gasteiger partial charge in [-0.3, -0.25) is 0 Å². The van der Waals surface area contributed by atoms with Crippen LogP contribution in [0.5, 0.6) is 0 Å². The minimum absolute atomic E-state index is 0.113. The summed E-state index contributed by atoms with van der Waals surface area (Å²) < 4.78 is 9.18. The van der Waals surface area contributed by atoms with Crippen LogP contribution in [0, 0.1) is 78.6 Å². The fourth-order valence-corrected chi connectivity index (χ4v) is 39.1. The molecule has 0 spiro atoms. The van der Waals surface area contributed by atoms with Gasteiger partial charge in [0.15, 0.2) is 24.8 Å². The standard InChI is InChI=1S/C36H48NSi.C35H38NSi.C33H34NSi.C31H38NSi/c1-25(2)22-38(23-26(3)4,24-27(5)6)33-15-16-34-31(20-33)17-18-37(9)36(34)35-21-32(19-28(7)29(35)8)30-13-11-10-12-14-30;1-25-22-29(27-14-10-8-11-15-27)24-33(26(25)2)34-32-19-18-31(23-28(32)20-21-36(34)5)37(6,7)35(3,4)30-16-12-9-13-17-30;1-24-20-29(27-14-10-7-11-15-27)22-32(25(24)2)33-31-17-16-30(21-28(31)18-19-34(33)3)35(4,5)23-26-12-8-6-9-13-26;1-22-18-26(24-12-10-9-11-13-24)20-29(23(22)2)30-28-15-14-27(19-25(28)16-17-32(30)6)33(7,8)21-31(3,4)5/h10-21,25-27H,22-24H2,1-9H3;8-24H,1-7H3;6-22H,23H2,1-5H3;9-20H,21H2,1-8H3/q4*+1. The molecule has 8 heteroatoms. The molecule has 0 N–H and O–H groups in total. The molecule has 4 heterocycles. The maximum absolute atomic E-state index is 2.58. The summed E-state index contributed by atoms with van der Waals surface area (Å²) >= 11 is 0. The molecule has 14 aromatic carbocycles. The number of aromatic nitrogens is 4. The number of nitrogens with zero attached hydrogens (tertiary/aromatic N) is 4. The first-order valence-electron chi connectivity index (χ1n) is 52.4. The van der Waals surface area contributed by atoms with Gasteiger partial charge in [-0.05, 0) is 260 Å². The zero-order chi connectivity index (χ0) is 103. The smallest absolute Gasteiger partial charge is 0.200 e. The van der Waals surface area contributed by atoms with Crippen molar-refractivity contribution in [2.45, 2.75) is 206 Å². The molecule has 0 aliphatic rings. The van der Waals surface area contributed by atoms with E-state index in [1.807, 2.05) is 0 Å². The number of hydrogen-bond donors (Lipinski definition) is 0. The van der Waals surface area contributed by atoms with Crippen molar-refractivity contribution in [2.24, 2.45) is 51.4 Å². The van der Waals surface area contributed by atoms with Gasteiger partial charge >= 0.3 is 0 Å². The minimum atomic E-state index is -1.86. The largest absolute Gasteiger partial charge is 0.220 e. The normalized spacial score (nSPS) is 12.1. The lowest BCUT2D eigenvalue weighted by atomic mass is 9.92. The third-order valence-corrected chi connectivity index (χ3v) is 50.0. The van der Waals surface area contributed by atoms with Crippen LogP contribution in [-0.2, 0) is 39.3 Å². The molecular weight excluding hydrogens is 1790 g/mol. The summed E-state index contributed by atoms with van der Waals surface area (Å²) in [5, 5.41) is 17.0. The second-order valence-electron chi connectivity index (χ2n) is 46.5. The summed E-state index contributed by atoms with van der Waals surface area (Å²) in [7, 11) is 2.03. The van der Waals surface area contributed by atoms with E-state index in [0.29, 0.717) is 5.41 Å². The van der Waals surface area contributed by atoms with Crippen molar-refractivity contribution in [2.75, 3.05) is 0 Å². The predicted octanol–water partition coefficient (Wildman–Crippen LogP) is 32.2. The topological polar surface area (TPSA) is 15.5 Å². The van der Waals surface area contributed by atoms with E-state index in [4.69, 9.17) is 0 Å². The number of fused-ring (bicyclic) bond motifs is 4. The fourth-order valence-electron chi connectivity index (χ4n) is 23.2. The SMILES string of the molecule is Cc1cc(-c2ccccc2)cc(-c2c3ccc([Si](C)(C)C(C)(C)c4ccccc4)cc3cc[n+]2C)c1C.Cc1cc(-c2ccccc2)cc(-c2c3ccc([Si](C)(C)CC(C)(C)C)cc3cc[n+]2C)c1C.Cc1cc(-c2ccccc2)cc(-c2c3ccc([Si](C)(C)Cc4ccccc4)cc3cc[n+]2C)c1C.Cc1cc(-c2ccccc2)cc(-c2c3ccc([Si](CC(C)C)(CC(C)C)CC(C)C)cc3cc[n+]2C)c1C. The summed E-state index contributed by atoms with van der Waals surface area (Å²) in [5.41, 5.74) is 34.5. The first-order valence-corrected chi connectivity index (χ1v) is 64.4. The third-order valence-electron chi connectivity index (χ3n) is 31.5. The van der Waals surface area contributed by atoms with Gasteiger partial charge in [-0.2, -0.15) is 0 Å². The number of benzene rings is 14. The minimum Gasteiger partial charge on any atom is -0.200 e. The van der Waals surface area contributed by atoms with Crippen molar-refractivity contribution in [1.82, 2.24) is 0 Å². The number of aryl methyl sites for hydroxylation is 8. The molecule has 0 atom stereocenters. The van der Waals surface area contributed by atoms with Gasteiger partial charge in [-0.15, -0.1) is 0 Å². The lowest BCUT2D eigenvalue weighted by Crippen LogP contribution is -2.57. The Balaban J connectivity index is 0.000000144. The highest BCUT2D eigenvalue weighted by Gasteiger charge is 2.43. The van der Waals surface area contributed by atoms with Gasteiger partial charge in [0, 0.05) is 24.3 Å². The van der Waals surface area contributed by atoms with Gasteiger partial charge in [-0.25, -0.2) is 18.3 Å². The van der Waals surface area contributed by atoms with E-state index in [2.05, 4.69) is 570 Å². The maximum atomic E-state index is 2.58. The molecule has 0 unspecified atom stereocenters. The second kappa shape index (κ2) is 43.6. The van der Waals surface area contributed by atoms with Crippen LogP contribution in [0.1, 0.15) is 132 Å². The molecule has 0 saturated heterocycles. The molecule has 0 bridgehead atoms. The van der Waals surface area contributed by atoms with Crippen LogP contribution >= 0.6 is 0 Å². The van der Waals surface area contributed by atoms with E-state index in [9.17, 15) is 0 Å². The van der Waals surface area contributed by atoms with Gasteiger partial charge in [0.2, 0.25) is 22.8 Å². The Morgan fingerprint density at radius 3 is 0.797 bits per heavy atom. The highest BCUT2D eigenvalue weighted by Crippen LogP contribution is 2.43. The van der Waals surface area contributed by atoms with E-state index >= 15 is 0 Å². The summed E-state index contributed by atoms with van der Waals surface area (Å²) in [6.45, 7) is 59.5. The van der Waals surface area contributed by atoms with Gasteiger partial charge < -0.3 is 0 Å². The first-order chi connectivity index (χ1) is 67.9. The summed E-state index contributed by atoms with van der Waals surface area (Å²) in [5.74, 6) is 2.18. The number of hydrogen-bond acceptors (Lipinski definition) is 0. The van der Waals surface area contributed by atoms with E-state index in [-0.39, 0.29) is 5.04 Å². The highest BCUT2D eigenvalue weighted by atomic mass is 28.3. The third kappa shape index (κ3) is 23.3. The van der Waals surface area contributed by atoms with Crippen LogP contribution in [0.25, 0.3) is 133 Å². The highest BCUT2D eigenvalue weighted by molar-refractivity contribution is 6.93. The Hall–Kier alpha value is -12.4. The maximum Gasteiger partial charge on any atom is 0.220 e. The van der Waals surface area contributed by atoms with Crippen molar-refractivity contribution < 1.29 is 18.3 Å². The average molecular weight is 1950 g/mol. The summed E-state index contributed by atoms with van der Waals surface area (Å²) in [6.07, 6.45) is 8.94. The zero-order valence-electron chi connectivity index (χ0n) is 91.5. The molecule has 0 aliphatic heterocycles. The van der Waals surface area contributed by atoms with Crippen molar-refractivity contribution >= 4 is 96.1 Å². The Kier molecular flexibility index (Phi) is 32.0. The lowest BCUT2D eigenvalue weighted by molar-refractivity contribution is -0.659. The number of pyridine rings is 4. The van der Waals surface area contributed by atoms with Crippen molar-refractivity contribution in [3.05, 3.63) is 408 Å². The van der Waals surface area contributed by atoms with Gasteiger partial charge in [0.25, 0.3) is 0 Å². The van der Waals surface area contributed by atoms with Crippen LogP contribution in [0.2, 0.25) is 63.5 Å². The van der Waals surface area contributed by atoms with Crippen molar-refractivity contribution in [3.8, 4) is 89.5 Å². The summed E-state index contributed by atoms with van der Waals surface area (Å²) in [4.78, 5) is 0. The van der Waals surface area contributed by atoms with Crippen LogP contribution in [0.3, 0.4) is 0 Å². The molecule has 0 radical (unpaired) electrons. The molecule has 0 saturated carbocycles. The molecule has 18 rings (SSSR count). The van der Waals surface area contributed by atoms with E-state index in [1.165, 1.54) is 223 Å². The Morgan fingerprint density at radius 1 is 0.259 bits per heavy atom. The second-order valence-corrected chi connectivity index (χ2v) is 65.3. The molecule has 0 fully saturated rings. The van der Waals surface area contributed by atoms with Gasteiger partial charge in [0.05, 0.1) is 76.1 Å². The van der Waals surface area contributed by atoms with Crippen molar-refractivity contribution in [3.63, 3.8) is 0 Å². The van der Waals surface area contributed by atoms with Crippen LogP contribution in [0.4, 0.5) is 0 Å². The quantitative estimate of drug-likeness (QED) is 0.0448. The van der Waals surface area contributed by atoms with Crippen LogP contribution in [-0.4, -0.2) is 32.3 Å². The monoisotopic (exact) mass is 1950 g/mol. The molecule has 4 aromatic heterocycles. The molecule has 0 amide bonds. The fraction of sp³-hybridized carbons (Fsp3) is 0.289. The molecule has 0 aliphatic carbocycles. The average Bonchev–Trinajstić information content (AvgIpc) is 0.745. The van der Waals surface area contributed by atoms with E-state index in [1.54, 1.807) is 10.4 Å².